The van der Waals surface area contributed by atoms with Gasteiger partial charge in [-0.15, -0.1) is 0 Å². The third-order valence-corrected chi connectivity index (χ3v) is 4.48. The van der Waals surface area contributed by atoms with Gasteiger partial charge in [0.1, 0.15) is 0 Å². The predicted molar refractivity (Wildman–Crippen MR) is 73.4 cm³/mol. The van der Waals surface area contributed by atoms with Crippen LogP contribution in [0.1, 0.15) is 36.9 Å². The molecule has 18 heavy (non-hydrogen) atoms. The van der Waals surface area contributed by atoms with Gasteiger partial charge in [0, 0.05) is 23.6 Å². The zero-order valence-electron chi connectivity index (χ0n) is 11.0. The van der Waals surface area contributed by atoms with E-state index >= 15 is 0 Å². The van der Waals surface area contributed by atoms with E-state index in [-0.39, 0.29) is 5.41 Å². The minimum Gasteiger partial charge on any atom is -0.346 e. The van der Waals surface area contributed by atoms with Crippen molar-refractivity contribution in [3.05, 3.63) is 35.5 Å². The second kappa shape index (κ2) is 3.88. The van der Waals surface area contributed by atoms with E-state index in [0.717, 1.165) is 12.8 Å². The van der Waals surface area contributed by atoms with Crippen molar-refractivity contribution in [2.45, 2.75) is 38.0 Å². The lowest BCUT2D eigenvalue weighted by molar-refractivity contribution is 0.531. The fourth-order valence-electron chi connectivity index (χ4n) is 3.64. The van der Waals surface area contributed by atoms with Gasteiger partial charge < -0.3 is 4.57 Å². The van der Waals surface area contributed by atoms with E-state index in [4.69, 9.17) is 0 Å². The first kappa shape index (κ1) is 11.3. The van der Waals surface area contributed by atoms with E-state index in [1.807, 2.05) is 0 Å². The van der Waals surface area contributed by atoms with Gasteiger partial charge >= 0.3 is 0 Å². The molecule has 0 N–H and O–H groups in total. The van der Waals surface area contributed by atoms with Crippen molar-refractivity contribution in [3.8, 4) is 6.07 Å². The Morgan fingerprint density at radius 3 is 2.50 bits per heavy atom. The lowest BCUT2D eigenvalue weighted by atomic mass is 9.82. The van der Waals surface area contributed by atoms with Crippen LogP contribution in [0.15, 0.2) is 24.3 Å². The van der Waals surface area contributed by atoms with Gasteiger partial charge in [-0.25, -0.2) is 0 Å². The molecule has 1 aliphatic carbocycles. The number of rotatable bonds is 1. The maximum absolute atomic E-state index is 9.68. The summed E-state index contributed by atoms with van der Waals surface area (Å²) in [7, 11) is 2.10. The largest absolute Gasteiger partial charge is 0.346 e. The standard InChI is InChI=1S/C16H18N2/c1-12-13-7-3-4-8-14(13)18(2)15(12)16(11-17)9-5-6-10-16/h3-4,7-8H,5-6,9-10H2,1-2H3. The van der Waals surface area contributed by atoms with Gasteiger partial charge in [-0.05, 0) is 31.4 Å². The van der Waals surface area contributed by atoms with Crippen LogP contribution in [0.2, 0.25) is 0 Å². The third-order valence-electron chi connectivity index (χ3n) is 4.48. The smallest absolute Gasteiger partial charge is 0.0976 e. The van der Waals surface area contributed by atoms with Crippen molar-refractivity contribution in [1.29, 1.82) is 5.26 Å². The molecule has 2 heteroatoms. The van der Waals surface area contributed by atoms with Crippen LogP contribution in [0.25, 0.3) is 10.9 Å². The maximum Gasteiger partial charge on any atom is 0.0976 e. The number of hydrogen-bond donors (Lipinski definition) is 0. The summed E-state index contributed by atoms with van der Waals surface area (Å²) in [5.74, 6) is 0. The Hall–Kier alpha value is -1.75. The molecule has 0 saturated heterocycles. The minimum atomic E-state index is -0.252. The lowest BCUT2D eigenvalue weighted by Gasteiger charge is -2.22. The molecule has 1 aromatic heterocycles. The summed E-state index contributed by atoms with van der Waals surface area (Å²) >= 11 is 0. The van der Waals surface area contributed by atoms with Gasteiger partial charge in [0.25, 0.3) is 0 Å². The molecular formula is C16H18N2. The van der Waals surface area contributed by atoms with E-state index in [9.17, 15) is 5.26 Å². The van der Waals surface area contributed by atoms with E-state index in [1.54, 1.807) is 0 Å². The van der Waals surface area contributed by atoms with Gasteiger partial charge in [0.15, 0.2) is 0 Å². The van der Waals surface area contributed by atoms with E-state index in [2.05, 4.69) is 48.9 Å². The molecule has 1 fully saturated rings. The highest BCUT2D eigenvalue weighted by Crippen LogP contribution is 2.44. The summed E-state index contributed by atoms with van der Waals surface area (Å²) in [5, 5.41) is 11.0. The number of benzene rings is 1. The summed E-state index contributed by atoms with van der Waals surface area (Å²) < 4.78 is 2.24. The first-order chi connectivity index (χ1) is 8.69. The second-order valence-corrected chi connectivity index (χ2v) is 5.45. The fraction of sp³-hybridized carbons (Fsp3) is 0.438. The van der Waals surface area contributed by atoms with Crippen molar-refractivity contribution in [3.63, 3.8) is 0 Å². The number of hydrogen-bond acceptors (Lipinski definition) is 1. The number of aryl methyl sites for hydroxylation is 2. The van der Waals surface area contributed by atoms with Gasteiger partial charge in [0.05, 0.1) is 11.5 Å². The molecule has 2 aromatic rings. The predicted octanol–water partition coefficient (Wildman–Crippen LogP) is 3.82. The quantitative estimate of drug-likeness (QED) is 0.742. The molecule has 3 rings (SSSR count). The molecule has 92 valence electrons. The molecule has 1 aliphatic rings. The van der Waals surface area contributed by atoms with Gasteiger partial charge in [-0.3, -0.25) is 0 Å². The molecule has 0 bridgehead atoms. The molecule has 0 atom stereocenters. The van der Waals surface area contributed by atoms with Crippen LogP contribution >= 0.6 is 0 Å². The average molecular weight is 238 g/mol. The van der Waals surface area contributed by atoms with Crippen molar-refractivity contribution in [2.24, 2.45) is 7.05 Å². The Morgan fingerprint density at radius 1 is 1.22 bits per heavy atom. The zero-order valence-corrected chi connectivity index (χ0v) is 11.0. The molecule has 0 aliphatic heterocycles. The van der Waals surface area contributed by atoms with Crippen LogP contribution < -0.4 is 0 Å². The Kier molecular flexibility index (Phi) is 2.45. The SMILES string of the molecule is Cc1c(C2(C#N)CCCC2)n(C)c2ccccc12. The average Bonchev–Trinajstić information content (AvgIpc) is 2.96. The first-order valence-corrected chi connectivity index (χ1v) is 6.65. The Balaban J connectivity index is 2.33. The highest BCUT2D eigenvalue weighted by Gasteiger charge is 2.39. The summed E-state index contributed by atoms with van der Waals surface area (Å²) in [6, 6.07) is 11.1. The maximum atomic E-state index is 9.68. The minimum absolute atomic E-state index is 0.252. The molecule has 0 unspecified atom stereocenters. The Morgan fingerprint density at radius 2 is 1.89 bits per heavy atom. The van der Waals surface area contributed by atoms with Crippen LogP contribution in [0.5, 0.6) is 0 Å². The van der Waals surface area contributed by atoms with Crippen LogP contribution in [-0.2, 0) is 12.5 Å². The molecule has 0 amide bonds. The summed E-state index contributed by atoms with van der Waals surface area (Å²) in [6.45, 7) is 2.16. The second-order valence-electron chi connectivity index (χ2n) is 5.45. The van der Waals surface area contributed by atoms with E-state index in [0.29, 0.717) is 0 Å². The molecule has 2 nitrogen and oxygen atoms in total. The molecule has 1 aromatic carbocycles. The van der Waals surface area contributed by atoms with Crippen molar-refractivity contribution >= 4 is 10.9 Å². The first-order valence-electron chi connectivity index (χ1n) is 6.65. The van der Waals surface area contributed by atoms with Crippen LogP contribution in [0, 0.1) is 18.3 Å². The number of para-hydroxylation sites is 1. The van der Waals surface area contributed by atoms with Crippen LogP contribution in [-0.4, -0.2) is 4.57 Å². The summed E-state index contributed by atoms with van der Waals surface area (Å²) in [6.07, 6.45) is 4.37. The van der Waals surface area contributed by atoms with Gasteiger partial charge in [0.2, 0.25) is 0 Å². The topological polar surface area (TPSA) is 28.7 Å². The number of nitriles is 1. The fourth-order valence-corrected chi connectivity index (χ4v) is 3.64. The normalized spacial score (nSPS) is 18.1. The zero-order chi connectivity index (χ0) is 12.8. The Bertz CT molecular complexity index is 598. The monoisotopic (exact) mass is 238 g/mol. The third kappa shape index (κ3) is 1.34. The molecule has 1 saturated carbocycles. The highest BCUT2D eigenvalue weighted by molar-refractivity contribution is 5.86. The van der Waals surface area contributed by atoms with E-state index in [1.165, 1.54) is 35.0 Å². The van der Waals surface area contributed by atoms with Crippen LogP contribution in [0.4, 0.5) is 0 Å². The van der Waals surface area contributed by atoms with Crippen molar-refractivity contribution in [2.75, 3.05) is 0 Å². The number of fused-ring (bicyclic) bond motifs is 1. The lowest BCUT2D eigenvalue weighted by Crippen LogP contribution is -2.23. The van der Waals surface area contributed by atoms with Crippen molar-refractivity contribution < 1.29 is 0 Å². The summed E-state index contributed by atoms with van der Waals surface area (Å²) in [5.41, 5.74) is 3.52. The molecule has 0 radical (unpaired) electrons. The van der Waals surface area contributed by atoms with Gasteiger partial charge in [-0.1, -0.05) is 31.0 Å². The van der Waals surface area contributed by atoms with Crippen molar-refractivity contribution in [1.82, 2.24) is 4.57 Å². The molecule has 0 spiro atoms. The van der Waals surface area contributed by atoms with Gasteiger partial charge in [-0.2, -0.15) is 5.26 Å². The highest BCUT2D eigenvalue weighted by atomic mass is 15.0. The number of nitrogens with zero attached hydrogens (tertiary/aromatic N) is 2. The molecule has 1 heterocycles. The van der Waals surface area contributed by atoms with E-state index < -0.39 is 0 Å². The molecular weight excluding hydrogens is 220 g/mol. The van der Waals surface area contributed by atoms with Crippen LogP contribution in [0.3, 0.4) is 0 Å². The Labute approximate surface area is 108 Å². The number of aromatic nitrogens is 1. The summed E-state index contributed by atoms with van der Waals surface area (Å²) in [4.78, 5) is 0.